The van der Waals surface area contributed by atoms with E-state index in [1.807, 2.05) is 0 Å². The summed E-state index contributed by atoms with van der Waals surface area (Å²) in [5, 5.41) is 2.70. The molecule has 1 aliphatic carbocycles. The minimum absolute atomic E-state index is 0.0839. The number of carbonyl (C=O) groups excluding carboxylic acids is 1. The largest absolute Gasteiger partial charge is 0.418 e. The second-order valence-corrected chi connectivity index (χ2v) is 6.25. The topological polar surface area (TPSA) is 90.6 Å². The monoisotopic (exact) mass is 278 g/mol. The molecule has 1 amide bonds. The quantitative estimate of drug-likeness (QED) is 0.727. The van der Waals surface area contributed by atoms with Gasteiger partial charge in [-0.3, -0.25) is 4.79 Å². The zero-order valence-electron chi connectivity index (χ0n) is 11.1. The van der Waals surface area contributed by atoms with Gasteiger partial charge in [0.1, 0.15) is 0 Å². The highest BCUT2D eigenvalue weighted by Gasteiger charge is 2.37. The molecule has 0 unspecified atom stereocenters. The van der Waals surface area contributed by atoms with Gasteiger partial charge in [0.15, 0.2) is 0 Å². The normalized spacial score (nSPS) is 24.8. The van der Waals surface area contributed by atoms with Crippen molar-refractivity contribution in [2.75, 3.05) is 13.2 Å². The molecule has 0 aliphatic heterocycles. The first-order valence-electron chi connectivity index (χ1n) is 6.49. The molecule has 0 saturated heterocycles. The number of nitrogens with two attached hydrogens (primary N) is 1. The first-order valence-corrected chi connectivity index (χ1v) is 8.03. The molecule has 0 bridgehead atoms. The van der Waals surface area contributed by atoms with E-state index >= 15 is 0 Å². The number of rotatable bonds is 6. The summed E-state index contributed by atoms with van der Waals surface area (Å²) in [5.41, 5.74) is 5.26. The van der Waals surface area contributed by atoms with E-state index in [0.717, 1.165) is 25.7 Å². The summed E-state index contributed by atoms with van der Waals surface area (Å²) in [6, 6.07) is -0.222. The maximum Gasteiger partial charge on any atom is 0.418 e. The Morgan fingerprint density at radius 3 is 2.33 bits per heavy atom. The van der Waals surface area contributed by atoms with Crippen LogP contribution in [0.2, 0.25) is 0 Å². The lowest BCUT2D eigenvalue weighted by Gasteiger charge is -2.30. The smallest absolute Gasteiger partial charge is 0.341 e. The molecule has 0 aromatic carbocycles. The molecule has 2 atom stereocenters. The van der Waals surface area contributed by atoms with Crippen molar-refractivity contribution in [3.8, 4) is 0 Å². The Hall–Kier alpha value is -0.420. The molecule has 106 valence electrons. The van der Waals surface area contributed by atoms with Crippen LogP contribution in [0.4, 0.5) is 4.79 Å². The van der Waals surface area contributed by atoms with Crippen LogP contribution >= 0.6 is 7.60 Å². The Kier molecular flexibility index (Phi) is 6.29. The molecular formula is C11H23N2O4P. The van der Waals surface area contributed by atoms with Crippen LogP contribution in [0.5, 0.6) is 0 Å². The summed E-state index contributed by atoms with van der Waals surface area (Å²) in [7, 11) is -3.71. The van der Waals surface area contributed by atoms with E-state index < -0.39 is 13.2 Å². The molecule has 0 radical (unpaired) electrons. The van der Waals surface area contributed by atoms with Gasteiger partial charge in [-0.2, -0.15) is 0 Å². The SMILES string of the molecule is CCOP(=O)(OCC)C(=O)N[C@@H]1CCCC[C@@H]1N. The lowest BCUT2D eigenvalue weighted by atomic mass is 9.91. The molecule has 0 spiro atoms. The molecule has 0 aromatic heterocycles. The van der Waals surface area contributed by atoms with Gasteiger partial charge >= 0.3 is 13.2 Å². The second kappa shape index (κ2) is 7.24. The highest BCUT2D eigenvalue weighted by atomic mass is 31.2. The van der Waals surface area contributed by atoms with Gasteiger partial charge in [0.05, 0.1) is 13.2 Å². The average Bonchev–Trinajstić information content (AvgIpc) is 2.32. The molecule has 0 aromatic rings. The summed E-state index contributed by atoms with van der Waals surface area (Å²) >= 11 is 0. The molecule has 0 heterocycles. The highest BCUT2D eigenvalue weighted by molar-refractivity contribution is 7.71. The van der Waals surface area contributed by atoms with Gasteiger partial charge in [0.25, 0.3) is 0 Å². The molecule has 1 fully saturated rings. The van der Waals surface area contributed by atoms with Gasteiger partial charge in [0.2, 0.25) is 0 Å². The molecule has 1 aliphatic rings. The molecule has 18 heavy (non-hydrogen) atoms. The van der Waals surface area contributed by atoms with Gasteiger partial charge in [-0.15, -0.1) is 0 Å². The zero-order valence-corrected chi connectivity index (χ0v) is 11.9. The van der Waals surface area contributed by atoms with Crippen LogP contribution < -0.4 is 11.1 Å². The number of hydrogen-bond acceptors (Lipinski definition) is 5. The number of nitrogens with one attached hydrogen (secondary N) is 1. The predicted molar refractivity (Wildman–Crippen MR) is 69.6 cm³/mol. The Morgan fingerprint density at radius 2 is 1.83 bits per heavy atom. The van der Waals surface area contributed by atoms with E-state index in [9.17, 15) is 9.36 Å². The van der Waals surface area contributed by atoms with E-state index in [1.165, 1.54) is 0 Å². The van der Waals surface area contributed by atoms with Gasteiger partial charge in [-0.25, -0.2) is 4.57 Å². The summed E-state index contributed by atoms with van der Waals surface area (Å²) in [6.07, 6.45) is 3.78. The van der Waals surface area contributed by atoms with Crippen molar-refractivity contribution in [2.45, 2.75) is 51.6 Å². The molecule has 7 heteroatoms. The van der Waals surface area contributed by atoms with Crippen molar-refractivity contribution in [1.82, 2.24) is 5.32 Å². The summed E-state index contributed by atoms with van der Waals surface area (Å²) in [6.45, 7) is 3.68. The Morgan fingerprint density at radius 1 is 1.28 bits per heavy atom. The fraction of sp³-hybridized carbons (Fsp3) is 0.909. The van der Waals surface area contributed by atoms with Gasteiger partial charge < -0.3 is 20.1 Å². The number of hydrogen-bond donors (Lipinski definition) is 2. The predicted octanol–water partition coefficient (Wildman–Crippen LogP) is 2.23. The Labute approximate surface area is 108 Å². The fourth-order valence-electron chi connectivity index (χ4n) is 2.07. The molecule has 6 nitrogen and oxygen atoms in total. The third-order valence-corrected chi connectivity index (χ3v) is 4.80. The average molecular weight is 278 g/mol. The van der Waals surface area contributed by atoms with Gasteiger partial charge in [0, 0.05) is 12.1 Å². The molecular weight excluding hydrogens is 255 g/mol. The van der Waals surface area contributed by atoms with Crippen LogP contribution in [0.3, 0.4) is 0 Å². The summed E-state index contributed by atoms with van der Waals surface area (Å²) < 4.78 is 22.2. The van der Waals surface area contributed by atoms with Crippen molar-refractivity contribution in [3.05, 3.63) is 0 Å². The minimum Gasteiger partial charge on any atom is -0.341 e. The minimum atomic E-state index is -3.71. The van der Waals surface area contributed by atoms with Crippen molar-refractivity contribution < 1.29 is 18.4 Å². The first kappa shape index (κ1) is 15.6. The molecule has 1 rings (SSSR count). The Balaban J connectivity index is 2.63. The van der Waals surface area contributed by atoms with Crippen molar-refractivity contribution in [2.24, 2.45) is 5.73 Å². The number of carbonyl (C=O) groups is 1. The Bertz CT molecular complexity index is 314. The maximum atomic E-state index is 12.2. The van der Waals surface area contributed by atoms with Crippen molar-refractivity contribution in [1.29, 1.82) is 0 Å². The molecule has 3 N–H and O–H groups in total. The zero-order chi connectivity index (χ0) is 13.6. The van der Waals surface area contributed by atoms with E-state index in [-0.39, 0.29) is 25.3 Å². The van der Waals surface area contributed by atoms with Crippen molar-refractivity contribution in [3.63, 3.8) is 0 Å². The van der Waals surface area contributed by atoms with E-state index in [4.69, 9.17) is 14.8 Å². The van der Waals surface area contributed by atoms with Crippen LogP contribution in [0.15, 0.2) is 0 Å². The van der Waals surface area contributed by atoms with Gasteiger partial charge in [-0.1, -0.05) is 12.8 Å². The first-order chi connectivity index (χ1) is 8.53. The van der Waals surface area contributed by atoms with E-state index in [0.29, 0.717) is 0 Å². The van der Waals surface area contributed by atoms with Crippen LogP contribution in [-0.4, -0.2) is 30.9 Å². The van der Waals surface area contributed by atoms with Crippen LogP contribution in [-0.2, 0) is 13.6 Å². The summed E-state index contributed by atoms with van der Waals surface area (Å²) in [4.78, 5) is 12.0. The lowest BCUT2D eigenvalue weighted by Crippen LogP contribution is -2.49. The highest BCUT2D eigenvalue weighted by Crippen LogP contribution is 2.48. The van der Waals surface area contributed by atoms with Gasteiger partial charge in [-0.05, 0) is 26.7 Å². The second-order valence-electron chi connectivity index (χ2n) is 4.34. The fourth-order valence-corrected chi connectivity index (χ4v) is 3.38. The third-order valence-electron chi connectivity index (χ3n) is 2.98. The molecule has 1 saturated carbocycles. The van der Waals surface area contributed by atoms with Crippen LogP contribution in [0.1, 0.15) is 39.5 Å². The lowest BCUT2D eigenvalue weighted by molar-refractivity contribution is 0.202. The number of amides is 1. The van der Waals surface area contributed by atoms with Crippen molar-refractivity contribution >= 4 is 13.2 Å². The standard InChI is InChI=1S/C11H23N2O4P/c1-3-16-18(15,17-4-2)11(14)13-10-8-6-5-7-9(10)12/h9-10H,3-8,12H2,1-2H3,(H,13,14)/t9-,10+/m0/s1. The van der Waals surface area contributed by atoms with E-state index in [1.54, 1.807) is 13.8 Å². The van der Waals surface area contributed by atoms with Crippen LogP contribution in [0, 0.1) is 0 Å². The third kappa shape index (κ3) is 4.05. The van der Waals surface area contributed by atoms with Crippen LogP contribution in [0.25, 0.3) is 0 Å². The summed E-state index contributed by atoms with van der Waals surface area (Å²) in [5.74, 6) is 0. The van der Waals surface area contributed by atoms with E-state index in [2.05, 4.69) is 5.32 Å². The maximum absolute atomic E-state index is 12.2.